The Kier molecular flexibility index (Phi) is 4.85. The number of benzene rings is 1. The fraction of sp³-hybridized carbons (Fsp3) is 0.450. The van der Waals surface area contributed by atoms with E-state index in [4.69, 9.17) is 4.74 Å². The molecule has 3 rings (SSSR count). The lowest BCUT2D eigenvalue weighted by Gasteiger charge is -2.48. The van der Waals surface area contributed by atoms with Crippen LogP contribution < -0.4 is 9.64 Å². The smallest absolute Gasteiger partial charge is 0.272 e. The molecule has 2 aromatic rings. The molecule has 1 aromatic heterocycles. The summed E-state index contributed by atoms with van der Waals surface area (Å²) in [6.07, 6.45) is 0. The molecule has 2 heterocycles. The summed E-state index contributed by atoms with van der Waals surface area (Å²) in [4.78, 5) is 25.7. The molecule has 1 aliphatic rings. The Labute approximate surface area is 154 Å². The number of nitrogens with zero attached hydrogens (tertiary/aromatic N) is 4. The number of methoxy groups -OCH3 is 1. The second-order valence-corrected chi connectivity index (χ2v) is 7.33. The predicted molar refractivity (Wildman–Crippen MR) is 102 cm³/mol. The van der Waals surface area contributed by atoms with Crippen LogP contribution in [0.1, 0.15) is 35.9 Å². The van der Waals surface area contributed by atoms with Gasteiger partial charge in [0.15, 0.2) is 0 Å². The third-order valence-corrected chi connectivity index (χ3v) is 4.74. The van der Waals surface area contributed by atoms with Crippen LogP contribution in [0.4, 0.5) is 5.69 Å². The predicted octanol–water partition coefficient (Wildman–Crippen LogP) is 2.84. The second kappa shape index (κ2) is 6.94. The standard InChI is InChI=1S/C20H26N4O2/c1-14-11-18(22-15(2)21-14)19(25)23-9-10-24(20(3,4)13-23)16-7-6-8-17(12-16)26-5/h6-8,11-12H,9-10,13H2,1-5H3. The van der Waals surface area contributed by atoms with E-state index in [1.54, 1.807) is 13.2 Å². The summed E-state index contributed by atoms with van der Waals surface area (Å²) in [5, 5.41) is 0. The molecule has 6 nitrogen and oxygen atoms in total. The van der Waals surface area contributed by atoms with Crippen LogP contribution >= 0.6 is 0 Å². The normalized spacial score (nSPS) is 16.5. The van der Waals surface area contributed by atoms with E-state index in [0.29, 0.717) is 24.6 Å². The van der Waals surface area contributed by atoms with Gasteiger partial charge in [-0.3, -0.25) is 4.79 Å². The van der Waals surface area contributed by atoms with Gasteiger partial charge in [-0.2, -0.15) is 0 Å². The molecule has 0 aliphatic carbocycles. The molecular formula is C20H26N4O2. The number of hydrogen-bond acceptors (Lipinski definition) is 5. The maximum atomic E-state index is 12.9. The summed E-state index contributed by atoms with van der Waals surface area (Å²) in [6, 6.07) is 9.82. The Morgan fingerprint density at radius 1 is 1.15 bits per heavy atom. The van der Waals surface area contributed by atoms with Crippen molar-refractivity contribution in [1.82, 2.24) is 14.9 Å². The molecule has 1 aliphatic heterocycles. The fourth-order valence-electron chi connectivity index (χ4n) is 3.57. The van der Waals surface area contributed by atoms with Crippen LogP contribution in [0.3, 0.4) is 0 Å². The van der Waals surface area contributed by atoms with E-state index in [2.05, 4.69) is 34.8 Å². The molecule has 0 N–H and O–H groups in total. The summed E-state index contributed by atoms with van der Waals surface area (Å²) < 4.78 is 5.35. The number of piperazine rings is 1. The number of amides is 1. The number of ether oxygens (including phenoxy) is 1. The van der Waals surface area contributed by atoms with Crippen LogP contribution in [-0.4, -0.2) is 53.1 Å². The lowest BCUT2D eigenvalue weighted by Crippen LogP contribution is -2.60. The zero-order chi connectivity index (χ0) is 18.9. The monoisotopic (exact) mass is 354 g/mol. The molecule has 26 heavy (non-hydrogen) atoms. The Bertz CT molecular complexity index is 799. The minimum Gasteiger partial charge on any atom is -0.497 e. The molecule has 1 amide bonds. The molecule has 0 spiro atoms. The topological polar surface area (TPSA) is 58.6 Å². The Hall–Kier alpha value is -2.63. The molecule has 0 unspecified atom stereocenters. The van der Waals surface area contributed by atoms with Gasteiger partial charge in [0.1, 0.15) is 17.3 Å². The summed E-state index contributed by atoms with van der Waals surface area (Å²) in [7, 11) is 1.67. The van der Waals surface area contributed by atoms with Gasteiger partial charge in [-0.15, -0.1) is 0 Å². The Morgan fingerprint density at radius 3 is 2.58 bits per heavy atom. The lowest BCUT2D eigenvalue weighted by atomic mass is 9.97. The van der Waals surface area contributed by atoms with Crippen LogP contribution in [0.25, 0.3) is 0 Å². The third-order valence-electron chi connectivity index (χ3n) is 4.74. The van der Waals surface area contributed by atoms with Crippen molar-refractivity contribution < 1.29 is 9.53 Å². The first kappa shape index (κ1) is 18.2. The number of anilines is 1. The van der Waals surface area contributed by atoms with E-state index in [1.807, 2.05) is 36.9 Å². The number of hydrogen-bond donors (Lipinski definition) is 0. The van der Waals surface area contributed by atoms with Crippen LogP contribution in [0.15, 0.2) is 30.3 Å². The largest absolute Gasteiger partial charge is 0.497 e. The molecule has 1 aromatic carbocycles. The van der Waals surface area contributed by atoms with E-state index in [1.165, 1.54) is 0 Å². The molecular weight excluding hydrogens is 328 g/mol. The number of carbonyl (C=O) groups is 1. The van der Waals surface area contributed by atoms with E-state index in [9.17, 15) is 4.79 Å². The van der Waals surface area contributed by atoms with Crippen molar-refractivity contribution in [2.75, 3.05) is 31.6 Å². The van der Waals surface area contributed by atoms with Crippen LogP contribution in [0.2, 0.25) is 0 Å². The first-order chi connectivity index (χ1) is 12.3. The lowest BCUT2D eigenvalue weighted by molar-refractivity contribution is 0.0679. The Morgan fingerprint density at radius 2 is 1.92 bits per heavy atom. The van der Waals surface area contributed by atoms with Gasteiger partial charge in [0.05, 0.1) is 12.6 Å². The minimum absolute atomic E-state index is 0.0306. The minimum atomic E-state index is -0.197. The van der Waals surface area contributed by atoms with E-state index in [-0.39, 0.29) is 11.4 Å². The van der Waals surface area contributed by atoms with E-state index in [0.717, 1.165) is 23.7 Å². The quantitative estimate of drug-likeness (QED) is 0.848. The van der Waals surface area contributed by atoms with Gasteiger partial charge in [-0.1, -0.05) is 6.07 Å². The van der Waals surface area contributed by atoms with Crippen molar-refractivity contribution in [3.05, 3.63) is 47.5 Å². The molecule has 0 saturated carbocycles. The van der Waals surface area contributed by atoms with Crippen molar-refractivity contribution in [2.24, 2.45) is 0 Å². The van der Waals surface area contributed by atoms with E-state index >= 15 is 0 Å². The Balaban J connectivity index is 1.80. The number of aryl methyl sites for hydroxylation is 2. The highest BCUT2D eigenvalue weighted by atomic mass is 16.5. The first-order valence-corrected chi connectivity index (χ1v) is 8.83. The molecule has 6 heteroatoms. The highest BCUT2D eigenvalue weighted by molar-refractivity contribution is 5.92. The molecule has 0 bridgehead atoms. The molecule has 1 saturated heterocycles. The van der Waals surface area contributed by atoms with Gasteiger partial charge in [-0.05, 0) is 45.9 Å². The van der Waals surface area contributed by atoms with Gasteiger partial charge in [0, 0.05) is 37.1 Å². The van der Waals surface area contributed by atoms with Crippen molar-refractivity contribution in [2.45, 2.75) is 33.2 Å². The second-order valence-electron chi connectivity index (χ2n) is 7.33. The number of rotatable bonds is 3. The maximum absolute atomic E-state index is 12.9. The van der Waals surface area contributed by atoms with Crippen molar-refractivity contribution in [1.29, 1.82) is 0 Å². The number of carbonyl (C=O) groups excluding carboxylic acids is 1. The fourth-order valence-corrected chi connectivity index (χ4v) is 3.57. The zero-order valence-electron chi connectivity index (χ0n) is 16.1. The molecule has 1 fully saturated rings. The third kappa shape index (κ3) is 3.64. The van der Waals surface area contributed by atoms with Crippen molar-refractivity contribution in [3.8, 4) is 5.75 Å². The summed E-state index contributed by atoms with van der Waals surface area (Å²) in [5.74, 6) is 1.43. The summed E-state index contributed by atoms with van der Waals surface area (Å²) in [6.45, 7) is 10.1. The van der Waals surface area contributed by atoms with Gasteiger partial charge >= 0.3 is 0 Å². The van der Waals surface area contributed by atoms with E-state index < -0.39 is 0 Å². The molecule has 138 valence electrons. The maximum Gasteiger partial charge on any atom is 0.272 e. The first-order valence-electron chi connectivity index (χ1n) is 8.83. The van der Waals surface area contributed by atoms with Gasteiger partial charge in [-0.25, -0.2) is 9.97 Å². The number of aromatic nitrogens is 2. The average molecular weight is 354 g/mol. The van der Waals surface area contributed by atoms with Gasteiger partial charge < -0.3 is 14.5 Å². The van der Waals surface area contributed by atoms with Gasteiger partial charge in [0.2, 0.25) is 0 Å². The summed E-state index contributed by atoms with van der Waals surface area (Å²) in [5.41, 5.74) is 2.20. The highest BCUT2D eigenvalue weighted by Crippen LogP contribution is 2.30. The zero-order valence-corrected chi connectivity index (χ0v) is 16.1. The average Bonchev–Trinajstić information content (AvgIpc) is 2.59. The van der Waals surface area contributed by atoms with Crippen LogP contribution in [-0.2, 0) is 0 Å². The van der Waals surface area contributed by atoms with Crippen LogP contribution in [0, 0.1) is 13.8 Å². The summed E-state index contributed by atoms with van der Waals surface area (Å²) >= 11 is 0. The van der Waals surface area contributed by atoms with Crippen molar-refractivity contribution >= 4 is 11.6 Å². The molecule has 0 radical (unpaired) electrons. The van der Waals surface area contributed by atoms with Gasteiger partial charge in [0.25, 0.3) is 5.91 Å². The SMILES string of the molecule is COc1cccc(N2CCN(C(=O)c3cc(C)nc(C)n3)CC2(C)C)c1. The van der Waals surface area contributed by atoms with Crippen molar-refractivity contribution in [3.63, 3.8) is 0 Å². The molecule has 0 atom stereocenters. The highest BCUT2D eigenvalue weighted by Gasteiger charge is 2.36. The van der Waals surface area contributed by atoms with Crippen LogP contribution in [0.5, 0.6) is 5.75 Å².